The van der Waals surface area contributed by atoms with Gasteiger partial charge in [-0.15, -0.1) is 0 Å². The maximum Gasteiger partial charge on any atom is 0.191 e. The van der Waals surface area contributed by atoms with Crippen molar-refractivity contribution in [3.05, 3.63) is 35.1 Å². The van der Waals surface area contributed by atoms with Crippen LogP contribution in [0.25, 0.3) is 0 Å². The molecule has 6 heteroatoms. The number of nitrogens with one attached hydrogen (secondary N) is 2. The number of likely N-dealkylation sites (N-methyl/N-ethyl adjacent to an activating group) is 1. The first-order valence-electron chi connectivity index (χ1n) is 9.19. The van der Waals surface area contributed by atoms with Crippen molar-refractivity contribution in [3.8, 4) is 0 Å². The van der Waals surface area contributed by atoms with Crippen LogP contribution in [0.5, 0.6) is 0 Å². The molecule has 5 nitrogen and oxygen atoms in total. The van der Waals surface area contributed by atoms with E-state index in [4.69, 9.17) is 0 Å². The zero-order valence-electron chi connectivity index (χ0n) is 15.8. The number of nitrogens with zero attached hydrogens (tertiary/aromatic N) is 3. The molecule has 0 aliphatic carbocycles. The van der Waals surface area contributed by atoms with E-state index in [0.29, 0.717) is 0 Å². The molecule has 1 aliphatic heterocycles. The zero-order chi connectivity index (χ0) is 18.1. The number of benzene rings is 1. The predicted molar refractivity (Wildman–Crippen MR) is 103 cm³/mol. The molecule has 0 spiro atoms. The van der Waals surface area contributed by atoms with Crippen LogP contribution in [-0.2, 0) is 6.42 Å². The highest BCUT2D eigenvalue weighted by molar-refractivity contribution is 5.79. The van der Waals surface area contributed by atoms with Crippen LogP contribution in [-0.4, -0.2) is 75.7 Å². The van der Waals surface area contributed by atoms with E-state index >= 15 is 0 Å². The lowest BCUT2D eigenvalue weighted by Crippen LogP contribution is -2.42. The van der Waals surface area contributed by atoms with Crippen molar-refractivity contribution in [2.45, 2.75) is 19.8 Å². The lowest BCUT2D eigenvalue weighted by molar-refractivity contribution is 0.280. The zero-order valence-corrected chi connectivity index (χ0v) is 15.8. The normalized spacial score (nSPS) is 17.4. The van der Waals surface area contributed by atoms with Crippen molar-refractivity contribution in [3.63, 3.8) is 0 Å². The van der Waals surface area contributed by atoms with E-state index in [9.17, 15) is 4.39 Å². The van der Waals surface area contributed by atoms with Gasteiger partial charge in [0.05, 0.1) is 0 Å². The molecule has 1 aliphatic rings. The molecule has 0 amide bonds. The van der Waals surface area contributed by atoms with Gasteiger partial charge in [0.2, 0.25) is 0 Å². The Bertz CT molecular complexity index is 561. The monoisotopic (exact) mass is 349 g/mol. The lowest BCUT2D eigenvalue weighted by Gasteiger charge is -2.21. The lowest BCUT2D eigenvalue weighted by atomic mass is 10.1. The summed E-state index contributed by atoms with van der Waals surface area (Å²) in [6.45, 7) is 9.28. The topological polar surface area (TPSA) is 42.9 Å². The van der Waals surface area contributed by atoms with E-state index in [2.05, 4.69) is 32.5 Å². The second-order valence-corrected chi connectivity index (χ2v) is 6.75. The Morgan fingerprint density at radius 3 is 2.72 bits per heavy atom. The Morgan fingerprint density at radius 2 is 1.96 bits per heavy atom. The number of rotatable bonds is 6. The average molecular weight is 349 g/mol. The first-order valence-corrected chi connectivity index (χ1v) is 9.19. The van der Waals surface area contributed by atoms with Gasteiger partial charge in [-0.3, -0.25) is 4.99 Å². The highest BCUT2D eigenvalue weighted by atomic mass is 19.1. The number of hydrogen-bond acceptors (Lipinski definition) is 3. The maximum atomic E-state index is 13.1. The van der Waals surface area contributed by atoms with Crippen molar-refractivity contribution in [2.75, 3.05) is 59.9 Å². The molecule has 1 aromatic rings. The SMILES string of the molecule is CN=C(NCCc1ccc(F)cc1C)NCCN1CCCN(C)CC1. The summed E-state index contributed by atoms with van der Waals surface area (Å²) in [6.07, 6.45) is 2.09. The van der Waals surface area contributed by atoms with Crippen LogP contribution in [0, 0.1) is 12.7 Å². The van der Waals surface area contributed by atoms with Crippen LogP contribution in [0.1, 0.15) is 17.5 Å². The van der Waals surface area contributed by atoms with Crippen molar-refractivity contribution in [1.82, 2.24) is 20.4 Å². The largest absolute Gasteiger partial charge is 0.356 e. The molecule has 1 aromatic carbocycles. The molecule has 0 saturated carbocycles. The van der Waals surface area contributed by atoms with Gasteiger partial charge in [-0.2, -0.15) is 0 Å². The Labute approximate surface area is 151 Å². The van der Waals surface area contributed by atoms with Crippen LogP contribution in [0.3, 0.4) is 0 Å². The van der Waals surface area contributed by atoms with Crippen LogP contribution >= 0.6 is 0 Å². The van der Waals surface area contributed by atoms with Crippen molar-refractivity contribution < 1.29 is 4.39 Å². The minimum absolute atomic E-state index is 0.175. The van der Waals surface area contributed by atoms with Gasteiger partial charge in [0.1, 0.15) is 5.82 Å². The fraction of sp³-hybridized carbons (Fsp3) is 0.632. The third kappa shape index (κ3) is 7.00. The molecule has 0 bridgehead atoms. The molecule has 0 aromatic heterocycles. The number of guanidine groups is 1. The number of hydrogen-bond donors (Lipinski definition) is 2. The summed E-state index contributed by atoms with van der Waals surface area (Å²) in [5, 5.41) is 6.72. The summed E-state index contributed by atoms with van der Waals surface area (Å²) < 4.78 is 13.1. The molecule has 140 valence electrons. The van der Waals surface area contributed by atoms with E-state index in [1.165, 1.54) is 25.6 Å². The second-order valence-electron chi connectivity index (χ2n) is 6.75. The fourth-order valence-corrected chi connectivity index (χ4v) is 3.13. The molecule has 25 heavy (non-hydrogen) atoms. The Balaban J connectivity index is 1.66. The quantitative estimate of drug-likeness (QED) is 0.603. The summed E-state index contributed by atoms with van der Waals surface area (Å²) in [5.41, 5.74) is 2.16. The van der Waals surface area contributed by atoms with E-state index in [1.54, 1.807) is 13.1 Å². The van der Waals surface area contributed by atoms with Gasteiger partial charge in [0.15, 0.2) is 5.96 Å². The van der Waals surface area contributed by atoms with Gasteiger partial charge in [0, 0.05) is 39.8 Å². The minimum Gasteiger partial charge on any atom is -0.356 e. The van der Waals surface area contributed by atoms with Crippen LogP contribution in [0.2, 0.25) is 0 Å². The third-order valence-electron chi connectivity index (χ3n) is 4.75. The van der Waals surface area contributed by atoms with Crippen molar-refractivity contribution in [2.24, 2.45) is 4.99 Å². The number of aryl methyl sites for hydroxylation is 1. The second kappa shape index (κ2) is 10.4. The third-order valence-corrected chi connectivity index (χ3v) is 4.75. The Morgan fingerprint density at radius 1 is 1.16 bits per heavy atom. The van der Waals surface area contributed by atoms with Crippen molar-refractivity contribution in [1.29, 1.82) is 0 Å². The maximum absolute atomic E-state index is 13.1. The fourth-order valence-electron chi connectivity index (χ4n) is 3.13. The van der Waals surface area contributed by atoms with Crippen LogP contribution in [0.15, 0.2) is 23.2 Å². The molecule has 1 saturated heterocycles. The van der Waals surface area contributed by atoms with Crippen LogP contribution in [0.4, 0.5) is 4.39 Å². The van der Waals surface area contributed by atoms with Gasteiger partial charge >= 0.3 is 0 Å². The van der Waals surface area contributed by atoms with Gasteiger partial charge < -0.3 is 20.4 Å². The number of halogens is 1. The molecule has 0 radical (unpaired) electrons. The van der Waals surface area contributed by atoms with Gasteiger partial charge in [0.25, 0.3) is 0 Å². The highest BCUT2D eigenvalue weighted by Gasteiger charge is 2.11. The molecular formula is C19H32FN5. The highest BCUT2D eigenvalue weighted by Crippen LogP contribution is 2.10. The Hall–Kier alpha value is -1.66. The molecule has 1 fully saturated rings. The number of aliphatic imine (C=N–C) groups is 1. The van der Waals surface area contributed by atoms with E-state index in [-0.39, 0.29) is 5.82 Å². The van der Waals surface area contributed by atoms with E-state index < -0.39 is 0 Å². The summed E-state index contributed by atoms with van der Waals surface area (Å²) in [4.78, 5) is 9.18. The van der Waals surface area contributed by atoms with E-state index in [1.807, 2.05) is 13.0 Å². The standard InChI is InChI=1S/C19H32FN5/c1-16-15-18(20)6-5-17(16)7-8-22-19(21-2)23-9-12-25-11-4-10-24(3)13-14-25/h5-6,15H,4,7-14H2,1-3H3,(H2,21,22,23). The van der Waals surface area contributed by atoms with Gasteiger partial charge in [-0.25, -0.2) is 4.39 Å². The van der Waals surface area contributed by atoms with Crippen molar-refractivity contribution >= 4 is 5.96 Å². The predicted octanol–water partition coefficient (Wildman–Crippen LogP) is 1.48. The molecule has 1 heterocycles. The Kier molecular flexibility index (Phi) is 8.15. The minimum atomic E-state index is -0.175. The summed E-state index contributed by atoms with van der Waals surface area (Å²) in [6, 6.07) is 4.97. The molecule has 0 atom stereocenters. The molecule has 2 N–H and O–H groups in total. The van der Waals surface area contributed by atoms with Gasteiger partial charge in [-0.05, 0) is 63.2 Å². The summed E-state index contributed by atoms with van der Waals surface area (Å²) in [5.74, 6) is 0.651. The smallest absolute Gasteiger partial charge is 0.191 e. The summed E-state index contributed by atoms with van der Waals surface area (Å²) >= 11 is 0. The first kappa shape index (κ1) is 19.7. The van der Waals surface area contributed by atoms with Gasteiger partial charge in [-0.1, -0.05) is 6.07 Å². The molecule has 0 unspecified atom stereocenters. The molecule has 2 rings (SSSR count). The molecular weight excluding hydrogens is 317 g/mol. The van der Waals surface area contributed by atoms with E-state index in [0.717, 1.165) is 56.2 Å². The summed E-state index contributed by atoms with van der Waals surface area (Å²) in [7, 11) is 3.98. The average Bonchev–Trinajstić information content (AvgIpc) is 2.79. The van der Waals surface area contributed by atoms with Crippen LogP contribution < -0.4 is 10.6 Å². The first-order chi connectivity index (χ1) is 12.1.